The Morgan fingerprint density at radius 1 is 1.54 bits per heavy atom. The fraction of sp³-hybridized carbons (Fsp3) is 0.875. The van der Waals surface area contributed by atoms with Crippen LogP contribution >= 0.6 is 0 Å². The number of carbonyl (C=O) groups is 1. The molecule has 1 amide bonds. The molecule has 0 spiro atoms. The fourth-order valence-electron chi connectivity index (χ4n) is 1.08. The molecule has 13 heavy (non-hydrogen) atoms. The quantitative estimate of drug-likeness (QED) is 0.279. The minimum absolute atomic E-state index is 0.533. The largest absolute Gasteiger partial charge is 0.369 e. The summed E-state index contributed by atoms with van der Waals surface area (Å²) in [6, 6.07) is -0.665. The molecule has 0 heterocycles. The molecule has 0 aliphatic carbocycles. The molecule has 0 aromatic rings. The molecule has 0 aliphatic heterocycles. The number of rotatable bonds is 7. The molecule has 0 saturated carbocycles. The molecule has 1 atom stereocenters. The van der Waals surface area contributed by atoms with Gasteiger partial charge in [-0.1, -0.05) is 37.7 Å². The molecule has 74 valence electrons. The number of unbranched alkanes of at least 4 members (excludes halogenated alkanes) is 3. The van der Waals surface area contributed by atoms with Gasteiger partial charge in [0.15, 0.2) is 0 Å². The van der Waals surface area contributed by atoms with Crippen LogP contribution in [0.15, 0.2) is 5.11 Å². The minimum atomic E-state index is -0.665. The predicted molar refractivity (Wildman–Crippen MR) is 50.9 cm³/mol. The smallest absolute Gasteiger partial charge is 0.226 e. The predicted octanol–water partition coefficient (Wildman–Crippen LogP) is 2.12. The highest BCUT2D eigenvalue weighted by molar-refractivity contribution is 5.79. The topological polar surface area (TPSA) is 91.8 Å². The lowest BCUT2D eigenvalue weighted by Crippen LogP contribution is -2.26. The molecule has 0 bridgehead atoms. The van der Waals surface area contributed by atoms with Crippen LogP contribution in [0.2, 0.25) is 0 Å². The second kappa shape index (κ2) is 7.43. The second-order valence-electron chi connectivity index (χ2n) is 2.97. The van der Waals surface area contributed by atoms with E-state index in [2.05, 4.69) is 16.9 Å². The molecule has 0 fully saturated rings. The van der Waals surface area contributed by atoms with Crippen molar-refractivity contribution in [3.8, 4) is 0 Å². The van der Waals surface area contributed by atoms with E-state index in [9.17, 15) is 4.79 Å². The van der Waals surface area contributed by atoms with Crippen molar-refractivity contribution in [2.75, 3.05) is 0 Å². The summed E-state index contributed by atoms with van der Waals surface area (Å²) in [4.78, 5) is 13.3. The van der Waals surface area contributed by atoms with Crippen molar-refractivity contribution in [3.63, 3.8) is 0 Å². The summed E-state index contributed by atoms with van der Waals surface area (Å²) < 4.78 is 0. The van der Waals surface area contributed by atoms with Crippen molar-refractivity contribution in [1.82, 2.24) is 0 Å². The zero-order chi connectivity index (χ0) is 10.1. The van der Waals surface area contributed by atoms with Crippen LogP contribution in [0, 0.1) is 0 Å². The number of amides is 1. The number of nitrogens with zero attached hydrogens (tertiary/aromatic N) is 3. The highest BCUT2D eigenvalue weighted by Crippen LogP contribution is 2.07. The van der Waals surface area contributed by atoms with Gasteiger partial charge in [-0.25, -0.2) is 0 Å². The van der Waals surface area contributed by atoms with Crippen LogP contribution in [-0.4, -0.2) is 11.9 Å². The Hall–Kier alpha value is -1.22. The van der Waals surface area contributed by atoms with E-state index in [0.717, 1.165) is 25.7 Å². The van der Waals surface area contributed by atoms with Gasteiger partial charge in [0.25, 0.3) is 0 Å². The summed E-state index contributed by atoms with van der Waals surface area (Å²) >= 11 is 0. The van der Waals surface area contributed by atoms with Gasteiger partial charge in [-0.05, 0) is 12.0 Å². The second-order valence-corrected chi connectivity index (χ2v) is 2.97. The molecular formula is C8H16N4O. The summed E-state index contributed by atoms with van der Waals surface area (Å²) in [5.41, 5.74) is 13.2. The third-order valence-electron chi connectivity index (χ3n) is 1.85. The van der Waals surface area contributed by atoms with Crippen molar-refractivity contribution in [1.29, 1.82) is 0 Å². The zero-order valence-corrected chi connectivity index (χ0v) is 7.94. The SMILES string of the molecule is CCCCCCC(N=[N+]=[N-])C(N)=O. The van der Waals surface area contributed by atoms with Crippen LogP contribution in [0.1, 0.15) is 39.0 Å². The Labute approximate surface area is 77.9 Å². The number of azide groups is 1. The molecule has 5 heteroatoms. The average molecular weight is 184 g/mol. The summed E-state index contributed by atoms with van der Waals surface area (Å²) in [7, 11) is 0. The minimum Gasteiger partial charge on any atom is -0.369 e. The van der Waals surface area contributed by atoms with Gasteiger partial charge in [0, 0.05) is 4.91 Å². The number of hydrogen-bond donors (Lipinski definition) is 1. The van der Waals surface area contributed by atoms with E-state index in [-0.39, 0.29) is 0 Å². The zero-order valence-electron chi connectivity index (χ0n) is 7.94. The maximum atomic E-state index is 10.7. The van der Waals surface area contributed by atoms with E-state index in [1.165, 1.54) is 0 Å². The van der Waals surface area contributed by atoms with Crippen molar-refractivity contribution in [2.45, 2.75) is 45.1 Å². The first-order chi connectivity index (χ1) is 6.22. The Morgan fingerprint density at radius 2 is 2.23 bits per heavy atom. The van der Waals surface area contributed by atoms with Crippen molar-refractivity contribution in [3.05, 3.63) is 10.4 Å². The summed E-state index contributed by atoms with van der Waals surface area (Å²) in [6.45, 7) is 2.11. The number of carbonyl (C=O) groups excluding carboxylic acids is 1. The van der Waals surface area contributed by atoms with E-state index in [4.69, 9.17) is 11.3 Å². The summed E-state index contributed by atoms with van der Waals surface area (Å²) in [5.74, 6) is -0.533. The van der Waals surface area contributed by atoms with E-state index in [1.807, 2.05) is 0 Å². The molecular weight excluding hydrogens is 168 g/mol. The van der Waals surface area contributed by atoms with Crippen molar-refractivity contribution >= 4 is 5.91 Å². The van der Waals surface area contributed by atoms with E-state index >= 15 is 0 Å². The Morgan fingerprint density at radius 3 is 2.69 bits per heavy atom. The highest BCUT2D eigenvalue weighted by Gasteiger charge is 2.11. The lowest BCUT2D eigenvalue weighted by Gasteiger charge is -2.05. The average Bonchev–Trinajstić information content (AvgIpc) is 2.10. The molecule has 0 radical (unpaired) electrons. The first-order valence-corrected chi connectivity index (χ1v) is 4.56. The van der Waals surface area contributed by atoms with E-state index < -0.39 is 11.9 Å². The van der Waals surface area contributed by atoms with Gasteiger partial charge in [-0.15, -0.1) is 0 Å². The molecule has 0 saturated heterocycles. The van der Waals surface area contributed by atoms with Gasteiger partial charge in [0.2, 0.25) is 5.91 Å². The van der Waals surface area contributed by atoms with Crippen molar-refractivity contribution in [2.24, 2.45) is 10.8 Å². The molecule has 0 aliphatic rings. The molecule has 0 aromatic heterocycles. The number of primary amides is 1. The van der Waals surface area contributed by atoms with Crippen LogP contribution in [0.4, 0.5) is 0 Å². The maximum Gasteiger partial charge on any atom is 0.226 e. The molecule has 0 rings (SSSR count). The van der Waals surface area contributed by atoms with Crippen LogP contribution in [0.5, 0.6) is 0 Å². The van der Waals surface area contributed by atoms with Gasteiger partial charge in [-0.2, -0.15) is 0 Å². The molecule has 5 nitrogen and oxygen atoms in total. The monoisotopic (exact) mass is 184 g/mol. The molecule has 0 aromatic carbocycles. The highest BCUT2D eigenvalue weighted by atomic mass is 16.1. The number of nitrogens with two attached hydrogens (primary N) is 1. The van der Waals surface area contributed by atoms with Gasteiger partial charge in [-0.3, -0.25) is 4.79 Å². The van der Waals surface area contributed by atoms with E-state index in [1.54, 1.807) is 0 Å². The van der Waals surface area contributed by atoms with Crippen molar-refractivity contribution < 1.29 is 4.79 Å². The van der Waals surface area contributed by atoms with Gasteiger partial charge < -0.3 is 5.73 Å². The van der Waals surface area contributed by atoms with Crippen LogP contribution in [0.3, 0.4) is 0 Å². The van der Waals surface area contributed by atoms with Crippen LogP contribution < -0.4 is 5.73 Å². The van der Waals surface area contributed by atoms with Gasteiger partial charge in [0.1, 0.15) is 6.04 Å². The standard InChI is InChI=1S/C8H16N4O/c1-2-3-4-5-6-7(8(9)13)11-12-10/h7H,2-6H2,1H3,(H2,9,13). The normalized spacial score (nSPS) is 11.8. The third kappa shape index (κ3) is 5.99. The first kappa shape index (κ1) is 11.8. The Bertz CT molecular complexity index is 196. The lowest BCUT2D eigenvalue weighted by atomic mass is 10.1. The van der Waals surface area contributed by atoms with Crippen LogP contribution in [-0.2, 0) is 4.79 Å². The van der Waals surface area contributed by atoms with E-state index in [0.29, 0.717) is 6.42 Å². The first-order valence-electron chi connectivity index (χ1n) is 4.56. The number of hydrogen-bond acceptors (Lipinski definition) is 2. The fourth-order valence-corrected chi connectivity index (χ4v) is 1.08. The van der Waals surface area contributed by atoms with Crippen LogP contribution in [0.25, 0.3) is 10.4 Å². The molecule has 1 unspecified atom stereocenters. The summed E-state index contributed by atoms with van der Waals surface area (Å²) in [6.07, 6.45) is 4.80. The van der Waals surface area contributed by atoms with Gasteiger partial charge >= 0.3 is 0 Å². The Kier molecular flexibility index (Phi) is 6.73. The third-order valence-corrected chi connectivity index (χ3v) is 1.85. The Balaban J connectivity index is 3.70. The summed E-state index contributed by atoms with van der Waals surface area (Å²) in [5, 5.41) is 3.33. The van der Waals surface area contributed by atoms with Gasteiger partial charge in [0.05, 0.1) is 0 Å². The molecule has 2 N–H and O–H groups in total. The maximum absolute atomic E-state index is 10.7. The lowest BCUT2D eigenvalue weighted by molar-refractivity contribution is -0.119.